The zero-order valence-electron chi connectivity index (χ0n) is 23.9. The number of benzene rings is 2. The Kier molecular flexibility index (Phi) is 7.53. The van der Waals surface area contributed by atoms with E-state index in [2.05, 4.69) is 18.2 Å². The number of hydrogen-bond donors (Lipinski definition) is 0. The molecular formula is C34H38N2O6. The molecule has 0 spiro atoms. The molecule has 220 valence electrons. The monoisotopic (exact) mass is 570 g/mol. The third-order valence-electron chi connectivity index (χ3n) is 9.34. The van der Waals surface area contributed by atoms with Gasteiger partial charge in [0.2, 0.25) is 25.4 Å². The fourth-order valence-electron chi connectivity index (χ4n) is 7.08. The van der Waals surface area contributed by atoms with Gasteiger partial charge in [-0.25, -0.2) is 0 Å². The van der Waals surface area contributed by atoms with Crippen molar-refractivity contribution in [3.63, 3.8) is 0 Å². The molecule has 0 aromatic heterocycles. The number of carbonyl (C=O) groups excluding carboxylic acids is 2. The Bertz CT molecular complexity index is 1390. The summed E-state index contributed by atoms with van der Waals surface area (Å²) in [7, 11) is 0. The van der Waals surface area contributed by atoms with Crippen LogP contribution in [-0.4, -0.2) is 61.4 Å². The highest BCUT2D eigenvalue weighted by molar-refractivity contribution is 5.86. The van der Waals surface area contributed by atoms with Crippen LogP contribution in [0.4, 0.5) is 0 Å². The number of hydrogen-bond acceptors (Lipinski definition) is 6. The molecule has 5 aliphatic rings. The molecule has 2 aromatic carbocycles. The van der Waals surface area contributed by atoms with Crippen LogP contribution in [0.1, 0.15) is 55.6 Å². The Morgan fingerprint density at radius 3 is 1.95 bits per heavy atom. The predicted molar refractivity (Wildman–Crippen MR) is 157 cm³/mol. The summed E-state index contributed by atoms with van der Waals surface area (Å²) in [4.78, 5) is 32.7. The molecule has 2 aromatic rings. The van der Waals surface area contributed by atoms with Gasteiger partial charge >= 0.3 is 0 Å². The molecule has 7 rings (SSSR count). The van der Waals surface area contributed by atoms with Crippen LogP contribution in [0.5, 0.6) is 23.0 Å². The standard InChI is InChI=1S/C34H38N2O6/c37-33(35-15-3-1-4-16-35)27-12-11-25(24-9-14-29-31(20-24)42-22-40-29)32(34(38)36-17-5-2-6-18-36)26(27)10-7-23-8-13-28-30(19-23)41-21-39-28/h7-14,19-20,25-27,32H,1-6,15-18,21-22H2/b10-7+/t25-,26-,27-,32-/m1/s1. The Labute approximate surface area is 246 Å². The van der Waals surface area contributed by atoms with Crippen molar-refractivity contribution >= 4 is 17.9 Å². The lowest BCUT2D eigenvalue weighted by Crippen LogP contribution is -2.49. The van der Waals surface area contributed by atoms with Crippen molar-refractivity contribution in [1.29, 1.82) is 0 Å². The average Bonchev–Trinajstić information content (AvgIpc) is 3.72. The van der Waals surface area contributed by atoms with Crippen LogP contribution in [0.15, 0.2) is 54.6 Å². The van der Waals surface area contributed by atoms with Crippen LogP contribution in [0.25, 0.3) is 6.08 Å². The second-order valence-corrected chi connectivity index (χ2v) is 11.9. The molecule has 2 amide bonds. The van der Waals surface area contributed by atoms with Gasteiger partial charge in [0.25, 0.3) is 0 Å². The van der Waals surface area contributed by atoms with E-state index < -0.39 is 11.8 Å². The highest BCUT2D eigenvalue weighted by atomic mass is 16.7. The highest BCUT2D eigenvalue weighted by Gasteiger charge is 2.45. The summed E-state index contributed by atoms with van der Waals surface area (Å²) in [5.74, 6) is 1.72. The summed E-state index contributed by atoms with van der Waals surface area (Å²) in [6.07, 6.45) is 14.7. The number of allylic oxidation sites excluding steroid dienone is 2. The van der Waals surface area contributed by atoms with Crippen molar-refractivity contribution in [2.75, 3.05) is 39.8 Å². The number of piperidine rings is 2. The topological polar surface area (TPSA) is 77.5 Å². The van der Waals surface area contributed by atoms with Gasteiger partial charge in [-0.2, -0.15) is 0 Å². The van der Waals surface area contributed by atoms with Crippen molar-refractivity contribution in [1.82, 2.24) is 9.80 Å². The third-order valence-corrected chi connectivity index (χ3v) is 9.34. The van der Waals surface area contributed by atoms with Gasteiger partial charge in [-0.1, -0.05) is 36.4 Å². The summed E-state index contributed by atoms with van der Waals surface area (Å²) >= 11 is 0. The lowest BCUT2D eigenvalue weighted by molar-refractivity contribution is -0.142. The minimum Gasteiger partial charge on any atom is -0.454 e. The molecule has 2 fully saturated rings. The molecule has 1 aliphatic carbocycles. The van der Waals surface area contributed by atoms with Crippen molar-refractivity contribution in [3.05, 3.63) is 65.8 Å². The highest BCUT2D eigenvalue weighted by Crippen LogP contribution is 2.46. The minimum atomic E-state index is -0.433. The second kappa shape index (κ2) is 11.7. The molecule has 0 bridgehead atoms. The third kappa shape index (κ3) is 5.23. The first-order valence-electron chi connectivity index (χ1n) is 15.4. The van der Waals surface area contributed by atoms with Crippen LogP contribution in [0.2, 0.25) is 0 Å². The van der Waals surface area contributed by atoms with E-state index in [1.807, 2.05) is 52.3 Å². The summed E-state index contributed by atoms with van der Waals surface area (Å²) in [6, 6.07) is 11.8. The molecule has 0 radical (unpaired) electrons. The van der Waals surface area contributed by atoms with E-state index in [-0.39, 0.29) is 37.2 Å². The molecule has 4 heterocycles. The first-order valence-corrected chi connectivity index (χ1v) is 15.4. The first kappa shape index (κ1) is 26.9. The Balaban J connectivity index is 1.29. The van der Waals surface area contributed by atoms with Crippen LogP contribution in [0, 0.1) is 17.8 Å². The quantitative estimate of drug-likeness (QED) is 0.449. The number of fused-ring (bicyclic) bond motifs is 2. The van der Waals surface area contributed by atoms with Crippen LogP contribution >= 0.6 is 0 Å². The van der Waals surface area contributed by atoms with Gasteiger partial charge in [0.15, 0.2) is 23.0 Å². The lowest BCUT2D eigenvalue weighted by Gasteiger charge is -2.42. The van der Waals surface area contributed by atoms with Gasteiger partial charge < -0.3 is 28.7 Å². The molecule has 42 heavy (non-hydrogen) atoms. The zero-order chi connectivity index (χ0) is 28.5. The molecule has 0 N–H and O–H groups in total. The summed E-state index contributed by atoms with van der Waals surface area (Å²) in [6.45, 7) is 3.48. The molecular weight excluding hydrogens is 532 g/mol. The smallest absolute Gasteiger partial charge is 0.231 e. The Morgan fingerprint density at radius 1 is 0.667 bits per heavy atom. The molecule has 8 heteroatoms. The first-order chi connectivity index (χ1) is 20.7. The van der Waals surface area contributed by atoms with Crippen molar-refractivity contribution < 1.29 is 28.5 Å². The molecule has 4 atom stereocenters. The van der Waals surface area contributed by atoms with E-state index in [1.54, 1.807) is 0 Å². The van der Waals surface area contributed by atoms with E-state index in [9.17, 15) is 9.59 Å². The lowest BCUT2D eigenvalue weighted by atomic mass is 9.66. The number of ether oxygens (including phenoxy) is 4. The number of likely N-dealkylation sites (tertiary alicyclic amines) is 2. The van der Waals surface area contributed by atoms with Gasteiger partial charge in [0.1, 0.15) is 0 Å². The van der Waals surface area contributed by atoms with E-state index in [0.717, 1.165) is 87.3 Å². The Hall–Kier alpha value is -3.94. The molecule has 0 unspecified atom stereocenters. The molecule has 8 nitrogen and oxygen atoms in total. The van der Waals surface area contributed by atoms with Crippen LogP contribution in [0.3, 0.4) is 0 Å². The predicted octanol–water partition coefficient (Wildman–Crippen LogP) is 5.38. The van der Waals surface area contributed by atoms with E-state index in [4.69, 9.17) is 18.9 Å². The zero-order valence-corrected chi connectivity index (χ0v) is 23.9. The maximum absolute atomic E-state index is 14.5. The van der Waals surface area contributed by atoms with E-state index >= 15 is 0 Å². The van der Waals surface area contributed by atoms with Crippen molar-refractivity contribution in [2.24, 2.45) is 17.8 Å². The van der Waals surface area contributed by atoms with Gasteiger partial charge in [-0.3, -0.25) is 9.59 Å². The number of amides is 2. The number of rotatable bonds is 5. The van der Waals surface area contributed by atoms with Crippen molar-refractivity contribution in [2.45, 2.75) is 44.4 Å². The van der Waals surface area contributed by atoms with Gasteiger partial charge in [0, 0.05) is 38.0 Å². The Morgan fingerprint density at radius 2 is 1.26 bits per heavy atom. The maximum Gasteiger partial charge on any atom is 0.231 e. The van der Waals surface area contributed by atoms with Gasteiger partial charge in [-0.15, -0.1) is 0 Å². The summed E-state index contributed by atoms with van der Waals surface area (Å²) < 4.78 is 22.4. The number of nitrogens with zero attached hydrogens (tertiary/aromatic N) is 2. The van der Waals surface area contributed by atoms with E-state index in [1.165, 1.54) is 0 Å². The molecule has 4 aliphatic heterocycles. The average molecular weight is 571 g/mol. The van der Waals surface area contributed by atoms with Crippen molar-refractivity contribution in [3.8, 4) is 23.0 Å². The second-order valence-electron chi connectivity index (χ2n) is 11.9. The SMILES string of the molecule is O=C([C@H]1[C@H](/C=C/c2ccc3c(c2)OCO3)[C@H](C(=O)N2CCCCC2)C=C[C@@H]1c1ccc2c(c1)OCO2)N1CCCCC1. The molecule has 2 saturated heterocycles. The maximum atomic E-state index is 14.5. The van der Waals surface area contributed by atoms with E-state index in [0.29, 0.717) is 11.5 Å². The normalized spacial score (nSPS) is 26.6. The van der Waals surface area contributed by atoms with Crippen LogP contribution < -0.4 is 18.9 Å². The summed E-state index contributed by atoms with van der Waals surface area (Å²) in [5, 5.41) is 0. The minimum absolute atomic E-state index is 0.117. The van der Waals surface area contributed by atoms with Gasteiger partial charge in [-0.05, 0) is 73.9 Å². The number of carbonyl (C=O) groups is 2. The van der Waals surface area contributed by atoms with Gasteiger partial charge in [0.05, 0.1) is 11.8 Å². The summed E-state index contributed by atoms with van der Waals surface area (Å²) in [5.41, 5.74) is 1.94. The largest absolute Gasteiger partial charge is 0.454 e. The van der Waals surface area contributed by atoms with Crippen LogP contribution in [-0.2, 0) is 9.59 Å². The fourth-order valence-corrected chi connectivity index (χ4v) is 7.08. The molecule has 0 saturated carbocycles. The fraction of sp³-hybridized carbons (Fsp3) is 0.471.